The van der Waals surface area contributed by atoms with E-state index < -0.39 is 10.0 Å². The third-order valence-corrected chi connectivity index (χ3v) is 4.36. The van der Waals surface area contributed by atoms with Crippen LogP contribution in [-0.4, -0.2) is 26.2 Å². The second-order valence-electron chi connectivity index (χ2n) is 4.69. The molecule has 1 aliphatic carbocycles. The zero-order valence-corrected chi connectivity index (χ0v) is 10.9. The molecule has 6 heteroatoms. The predicted molar refractivity (Wildman–Crippen MR) is 69.7 cm³/mol. The van der Waals surface area contributed by atoms with Gasteiger partial charge in [0.2, 0.25) is 10.0 Å². The Bertz CT molecular complexity index is 499. The van der Waals surface area contributed by atoms with Gasteiger partial charge in [0.25, 0.3) is 0 Å². The highest BCUT2D eigenvalue weighted by molar-refractivity contribution is 7.89. The van der Waals surface area contributed by atoms with Gasteiger partial charge in [-0.25, -0.2) is 13.6 Å². The number of aliphatic hydroxyl groups excluding tert-OH is 1. The number of sulfonamides is 1. The summed E-state index contributed by atoms with van der Waals surface area (Å²) in [4.78, 5) is 0.109. The maximum atomic E-state index is 11.1. The molecule has 0 saturated heterocycles. The van der Waals surface area contributed by atoms with Crippen molar-refractivity contribution in [3.05, 3.63) is 24.3 Å². The third kappa shape index (κ3) is 3.01. The molecule has 1 aromatic carbocycles. The van der Waals surface area contributed by atoms with Gasteiger partial charge in [0.15, 0.2) is 0 Å². The van der Waals surface area contributed by atoms with Crippen LogP contribution in [0.25, 0.3) is 0 Å². The molecule has 0 amide bonds. The second kappa shape index (κ2) is 5.26. The number of aliphatic hydroxyl groups is 1. The minimum atomic E-state index is -3.63. The smallest absolute Gasteiger partial charge is 0.238 e. The van der Waals surface area contributed by atoms with Crippen molar-refractivity contribution in [2.75, 3.05) is 11.9 Å². The lowest BCUT2D eigenvalue weighted by Gasteiger charge is -2.20. The molecule has 5 nitrogen and oxygen atoms in total. The van der Waals surface area contributed by atoms with Gasteiger partial charge < -0.3 is 10.4 Å². The van der Waals surface area contributed by atoms with Crippen molar-refractivity contribution < 1.29 is 13.5 Å². The van der Waals surface area contributed by atoms with Crippen LogP contribution in [0.15, 0.2) is 29.2 Å². The number of anilines is 1. The number of primary sulfonamides is 1. The van der Waals surface area contributed by atoms with Gasteiger partial charge in [-0.05, 0) is 37.1 Å². The normalized spacial score (nSPS) is 24.1. The topological polar surface area (TPSA) is 92.4 Å². The van der Waals surface area contributed by atoms with E-state index in [4.69, 9.17) is 5.14 Å². The Hall–Kier alpha value is -1.11. The first kappa shape index (κ1) is 13.3. The van der Waals surface area contributed by atoms with Gasteiger partial charge in [-0.3, -0.25) is 0 Å². The van der Waals surface area contributed by atoms with E-state index in [1.165, 1.54) is 12.1 Å². The molecule has 1 saturated carbocycles. The zero-order chi connectivity index (χ0) is 13.2. The van der Waals surface area contributed by atoms with E-state index in [0.29, 0.717) is 0 Å². The van der Waals surface area contributed by atoms with Gasteiger partial charge in [-0.2, -0.15) is 0 Å². The van der Waals surface area contributed by atoms with E-state index in [1.807, 2.05) is 0 Å². The number of nitrogens with one attached hydrogen (secondary N) is 1. The SMILES string of the molecule is NS(=O)(=O)c1ccc(NC2CCCC2CO)cc1. The van der Waals surface area contributed by atoms with Gasteiger partial charge in [-0.1, -0.05) is 6.42 Å². The molecule has 0 heterocycles. The van der Waals surface area contributed by atoms with Gasteiger partial charge in [-0.15, -0.1) is 0 Å². The monoisotopic (exact) mass is 270 g/mol. The molecule has 1 aliphatic rings. The van der Waals surface area contributed by atoms with Crippen LogP contribution in [0, 0.1) is 5.92 Å². The molecule has 100 valence electrons. The molecule has 2 unspecified atom stereocenters. The van der Waals surface area contributed by atoms with Crippen molar-refractivity contribution in [1.29, 1.82) is 0 Å². The second-order valence-corrected chi connectivity index (χ2v) is 6.26. The van der Waals surface area contributed by atoms with Gasteiger partial charge in [0, 0.05) is 24.3 Å². The number of rotatable bonds is 4. The van der Waals surface area contributed by atoms with E-state index >= 15 is 0 Å². The third-order valence-electron chi connectivity index (χ3n) is 3.43. The van der Waals surface area contributed by atoms with Crippen molar-refractivity contribution in [3.63, 3.8) is 0 Å². The summed E-state index contributed by atoms with van der Waals surface area (Å²) in [6, 6.07) is 6.63. The molecule has 0 bridgehead atoms. The molecular formula is C12H18N2O3S. The quantitative estimate of drug-likeness (QED) is 0.758. The van der Waals surface area contributed by atoms with Crippen LogP contribution in [0.5, 0.6) is 0 Å². The fraction of sp³-hybridized carbons (Fsp3) is 0.500. The van der Waals surface area contributed by atoms with E-state index in [0.717, 1.165) is 24.9 Å². The number of hydrogen-bond acceptors (Lipinski definition) is 4. The fourth-order valence-corrected chi connectivity index (χ4v) is 2.92. The summed E-state index contributed by atoms with van der Waals surface area (Å²) >= 11 is 0. The van der Waals surface area contributed by atoms with E-state index in [9.17, 15) is 13.5 Å². The highest BCUT2D eigenvalue weighted by atomic mass is 32.2. The van der Waals surface area contributed by atoms with Crippen LogP contribution in [-0.2, 0) is 10.0 Å². The Kier molecular flexibility index (Phi) is 3.89. The van der Waals surface area contributed by atoms with Crippen LogP contribution in [0.4, 0.5) is 5.69 Å². The lowest BCUT2D eigenvalue weighted by Crippen LogP contribution is -2.26. The average molecular weight is 270 g/mol. The summed E-state index contributed by atoms with van der Waals surface area (Å²) in [6.07, 6.45) is 3.17. The van der Waals surface area contributed by atoms with Crippen molar-refractivity contribution in [2.45, 2.75) is 30.2 Å². The Morgan fingerprint density at radius 3 is 2.50 bits per heavy atom. The van der Waals surface area contributed by atoms with Crippen LogP contribution in [0.3, 0.4) is 0 Å². The van der Waals surface area contributed by atoms with E-state index in [-0.39, 0.29) is 23.5 Å². The largest absolute Gasteiger partial charge is 0.396 e. The first-order chi connectivity index (χ1) is 8.50. The molecule has 0 aliphatic heterocycles. The van der Waals surface area contributed by atoms with Crippen molar-refractivity contribution >= 4 is 15.7 Å². The summed E-state index contributed by atoms with van der Waals surface area (Å²) < 4.78 is 22.2. The lowest BCUT2D eigenvalue weighted by atomic mass is 10.0. The Balaban J connectivity index is 2.07. The molecule has 0 aromatic heterocycles. The lowest BCUT2D eigenvalue weighted by molar-refractivity contribution is 0.222. The molecule has 1 fully saturated rings. The molecule has 18 heavy (non-hydrogen) atoms. The number of benzene rings is 1. The summed E-state index contributed by atoms with van der Waals surface area (Å²) in [5, 5.41) is 17.6. The van der Waals surface area contributed by atoms with Crippen LogP contribution in [0.1, 0.15) is 19.3 Å². The minimum Gasteiger partial charge on any atom is -0.396 e. The van der Waals surface area contributed by atoms with Crippen LogP contribution < -0.4 is 10.5 Å². The first-order valence-corrected chi connectivity index (χ1v) is 7.55. The summed E-state index contributed by atoms with van der Waals surface area (Å²) in [5.41, 5.74) is 0.854. The minimum absolute atomic E-state index is 0.109. The Morgan fingerprint density at radius 1 is 1.28 bits per heavy atom. The number of hydrogen-bond donors (Lipinski definition) is 3. The molecule has 1 aromatic rings. The molecule has 0 radical (unpaired) electrons. The van der Waals surface area contributed by atoms with Gasteiger partial charge >= 0.3 is 0 Å². The molecule has 2 atom stereocenters. The maximum Gasteiger partial charge on any atom is 0.238 e. The van der Waals surface area contributed by atoms with E-state index in [1.54, 1.807) is 12.1 Å². The zero-order valence-electron chi connectivity index (χ0n) is 10.0. The van der Waals surface area contributed by atoms with E-state index in [2.05, 4.69) is 5.32 Å². The highest BCUT2D eigenvalue weighted by Crippen LogP contribution is 2.28. The van der Waals surface area contributed by atoms with Crippen molar-refractivity contribution in [1.82, 2.24) is 0 Å². The molecule has 2 rings (SSSR count). The maximum absolute atomic E-state index is 11.1. The van der Waals surface area contributed by atoms with Crippen molar-refractivity contribution in [2.24, 2.45) is 11.1 Å². The summed E-state index contributed by atoms with van der Waals surface area (Å²) in [7, 11) is -3.63. The first-order valence-electron chi connectivity index (χ1n) is 6.01. The van der Waals surface area contributed by atoms with Crippen LogP contribution >= 0.6 is 0 Å². The fourth-order valence-electron chi connectivity index (χ4n) is 2.40. The Morgan fingerprint density at radius 2 is 1.94 bits per heavy atom. The predicted octanol–water partition coefficient (Wildman–Crippen LogP) is 0.907. The number of nitrogens with two attached hydrogens (primary N) is 1. The van der Waals surface area contributed by atoms with Gasteiger partial charge in [0.1, 0.15) is 0 Å². The van der Waals surface area contributed by atoms with Gasteiger partial charge in [0.05, 0.1) is 4.90 Å². The van der Waals surface area contributed by atoms with Crippen LogP contribution in [0.2, 0.25) is 0 Å². The van der Waals surface area contributed by atoms with Crippen molar-refractivity contribution in [3.8, 4) is 0 Å². The average Bonchev–Trinajstić information content (AvgIpc) is 2.76. The molecule has 0 spiro atoms. The summed E-state index contributed by atoms with van der Waals surface area (Å²) in [5.74, 6) is 0.280. The molecule has 4 N–H and O–H groups in total. The standard InChI is InChI=1S/C12H18N2O3S/c13-18(16,17)11-6-4-10(5-7-11)14-12-3-1-2-9(12)8-15/h4-7,9,12,14-15H,1-3,8H2,(H2,13,16,17). The molecular weight excluding hydrogens is 252 g/mol. The highest BCUT2D eigenvalue weighted by Gasteiger charge is 2.26. The Labute approximate surface area is 107 Å². The summed E-state index contributed by atoms with van der Waals surface area (Å²) in [6.45, 7) is 0.187.